The molecular weight excluding hydrogens is 331 g/mol. The predicted octanol–water partition coefficient (Wildman–Crippen LogP) is 4.02. The molecule has 1 fully saturated rings. The standard InChI is InChI=1S/C21H23FN2O2/c1-14(21(26)23-19-9-5-17(6-10-19)15(2)25)24(20-11-12-20)13-16-3-7-18(22)8-4-16/h3-10,14,20H,11-13H2,1-2H3,(H,23,26)/t14-/m1/s1. The van der Waals surface area contributed by atoms with Gasteiger partial charge in [-0.1, -0.05) is 12.1 Å². The first-order chi connectivity index (χ1) is 12.4. The number of carbonyl (C=O) groups is 2. The van der Waals surface area contributed by atoms with Crippen LogP contribution in [0.4, 0.5) is 10.1 Å². The lowest BCUT2D eigenvalue weighted by atomic mass is 10.1. The lowest BCUT2D eigenvalue weighted by molar-refractivity contribution is -0.121. The van der Waals surface area contributed by atoms with Crippen LogP contribution in [0.2, 0.25) is 0 Å². The van der Waals surface area contributed by atoms with Gasteiger partial charge in [0.25, 0.3) is 0 Å². The first-order valence-electron chi connectivity index (χ1n) is 8.86. The maximum atomic E-state index is 13.1. The second-order valence-electron chi connectivity index (χ2n) is 6.83. The number of carbonyl (C=O) groups excluding carboxylic acids is 2. The number of nitrogens with zero attached hydrogens (tertiary/aromatic N) is 1. The van der Waals surface area contributed by atoms with Crippen LogP contribution in [0.25, 0.3) is 0 Å². The third kappa shape index (κ3) is 4.55. The van der Waals surface area contributed by atoms with Crippen molar-refractivity contribution in [1.29, 1.82) is 0 Å². The molecule has 4 nitrogen and oxygen atoms in total. The number of Topliss-reactive ketones (excluding diaryl/α,β-unsaturated/α-hetero) is 1. The first kappa shape index (κ1) is 18.3. The first-order valence-corrected chi connectivity index (χ1v) is 8.86. The summed E-state index contributed by atoms with van der Waals surface area (Å²) in [4.78, 5) is 26.2. The molecule has 0 aromatic heterocycles. The number of nitrogens with one attached hydrogen (secondary N) is 1. The average molecular weight is 354 g/mol. The van der Waals surface area contributed by atoms with Crippen LogP contribution < -0.4 is 5.32 Å². The number of amides is 1. The normalized spacial score (nSPS) is 14.9. The van der Waals surface area contributed by atoms with Gasteiger partial charge in [-0.2, -0.15) is 0 Å². The number of ketones is 1. The molecule has 0 saturated heterocycles. The maximum absolute atomic E-state index is 13.1. The zero-order valence-corrected chi connectivity index (χ0v) is 15.0. The van der Waals surface area contributed by atoms with Crippen molar-refractivity contribution in [2.75, 3.05) is 5.32 Å². The Labute approximate surface area is 153 Å². The number of hydrogen-bond donors (Lipinski definition) is 1. The molecule has 1 N–H and O–H groups in total. The van der Waals surface area contributed by atoms with E-state index in [2.05, 4.69) is 10.2 Å². The largest absolute Gasteiger partial charge is 0.325 e. The fourth-order valence-corrected chi connectivity index (χ4v) is 2.97. The van der Waals surface area contributed by atoms with Gasteiger partial charge >= 0.3 is 0 Å². The Kier molecular flexibility index (Phi) is 5.47. The van der Waals surface area contributed by atoms with Crippen LogP contribution in [0, 0.1) is 5.82 Å². The van der Waals surface area contributed by atoms with Crippen molar-refractivity contribution in [2.45, 2.75) is 45.3 Å². The Morgan fingerprint density at radius 2 is 1.73 bits per heavy atom. The summed E-state index contributed by atoms with van der Waals surface area (Å²) in [6.07, 6.45) is 2.15. The van der Waals surface area contributed by atoms with Crippen molar-refractivity contribution in [2.24, 2.45) is 0 Å². The molecule has 2 aromatic carbocycles. The molecule has 1 atom stereocenters. The van der Waals surface area contributed by atoms with Gasteiger partial charge in [-0.25, -0.2) is 4.39 Å². The highest BCUT2D eigenvalue weighted by atomic mass is 19.1. The highest BCUT2D eigenvalue weighted by Gasteiger charge is 2.35. The van der Waals surface area contributed by atoms with E-state index in [4.69, 9.17) is 0 Å². The monoisotopic (exact) mass is 354 g/mol. The topological polar surface area (TPSA) is 49.4 Å². The predicted molar refractivity (Wildman–Crippen MR) is 99.5 cm³/mol. The average Bonchev–Trinajstić information content (AvgIpc) is 3.46. The minimum atomic E-state index is -0.306. The van der Waals surface area contributed by atoms with E-state index in [0.717, 1.165) is 18.4 Å². The minimum absolute atomic E-state index is 0.00421. The zero-order chi connectivity index (χ0) is 18.7. The van der Waals surface area contributed by atoms with Gasteiger partial charge in [0.1, 0.15) is 5.82 Å². The third-order valence-electron chi connectivity index (χ3n) is 4.73. The zero-order valence-electron chi connectivity index (χ0n) is 15.0. The summed E-state index contributed by atoms with van der Waals surface area (Å²) in [5, 5.41) is 2.91. The molecule has 26 heavy (non-hydrogen) atoms. The molecule has 1 saturated carbocycles. The summed E-state index contributed by atoms with van der Waals surface area (Å²) < 4.78 is 13.1. The van der Waals surface area contributed by atoms with Gasteiger partial charge in [-0.05, 0) is 68.7 Å². The molecule has 0 radical (unpaired) electrons. The van der Waals surface area contributed by atoms with Gasteiger partial charge < -0.3 is 5.32 Å². The molecular formula is C21H23FN2O2. The van der Waals surface area contributed by atoms with Crippen molar-refractivity contribution in [1.82, 2.24) is 4.90 Å². The van der Waals surface area contributed by atoms with E-state index in [-0.39, 0.29) is 23.5 Å². The lowest BCUT2D eigenvalue weighted by Gasteiger charge is -2.28. The van der Waals surface area contributed by atoms with E-state index in [1.54, 1.807) is 36.4 Å². The lowest BCUT2D eigenvalue weighted by Crippen LogP contribution is -2.43. The second kappa shape index (κ2) is 7.79. The van der Waals surface area contributed by atoms with E-state index in [9.17, 15) is 14.0 Å². The fraction of sp³-hybridized carbons (Fsp3) is 0.333. The summed E-state index contributed by atoms with van der Waals surface area (Å²) in [6.45, 7) is 4.02. The highest BCUT2D eigenvalue weighted by Crippen LogP contribution is 2.30. The number of rotatable bonds is 7. The number of benzene rings is 2. The van der Waals surface area contributed by atoms with Gasteiger partial charge in [0, 0.05) is 23.8 Å². The van der Waals surface area contributed by atoms with Crippen LogP contribution in [-0.2, 0) is 11.3 Å². The smallest absolute Gasteiger partial charge is 0.241 e. The van der Waals surface area contributed by atoms with Crippen LogP contribution in [0.1, 0.15) is 42.6 Å². The maximum Gasteiger partial charge on any atom is 0.241 e. The van der Waals surface area contributed by atoms with Crippen LogP contribution >= 0.6 is 0 Å². The molecule has 0 unspecified atom stereocenters. The summed E-state index contributed by atoms with van der Waals surface area (Å²) >= 11 is 0. The van der Waals surface area contributed by atoms with Gasteiger partial charge in [-0.15, -0.1) is 0 Å². The molecule has 136 valence electrons. The van der Waals surface area contributed by atoms with Gasteiger partial charge in [-0.3, -0.25) is 14.5 Å². The van der Waals surface area contributed by atoms with Crippen molar-refractivity contribution < 1.29 is 14.0 Å². The minimum Gasteiger partial charge on any atom is -0.325 e. The molecule has 3 rings (SSSR count). The number of hydrogen-bond acceptors (Lipinski definition) is 3. The van der Waals surface area contributed by atoms with Gasteiger partial charge in [0.15, 0.2) is 5.78 Å². The molecule has 5 heteroatoms. The molecule has 1 amide bonds. The molecule has 0 spiro atoms. The van der Waals surface area contributed by atoms with E-state index in [1.807, 2.05) is 6.92 Å². The van der Waals surface area contributed by atoms with E-state index in [0.29, 0.717) is 23.8 Å². The summed E-state index contributed by atoms with van der Waals surface area (Å²) in [7, 11) is 0. The molecule has 0 bridgehead atoms. The van der Waals surface area contributed by atoms with Crippen LogP contribution in [0.15, 0.2) is 48.5 Å². The molecule has 2 aromatic rings. The molecule has 1 aliphatic rings. The highest BCUT2D eigenvalue weighted by molar-refractivity contribution is 5.97. The summed E-state index contributed by atoms with van der Waals surface area (Å²) in [5.41, 5.74) is 2.28. The van der Waals surface area contributed by atoms with Crippen molar-refractivity contribution in [3.05, 3.63) is 65.5 Å². The molecule has 0 aliphatic heterocycles. The Bertz CT molecular complexity index is 783. The molecule has 0 heterocycles. The Morgan fingerprint density at radius 3 is 2.27 bits per heavy atom. The molecule has 1 aliphatic carbocycles. The van der Waals surface area contributed by atoms with Crippen molar-refractivity contribution in [3.63, 3.8) is 0 Å². The van der Waals surface area contributed by atoms with Crippen molar-refractivity contribution in [3.8, 4) is 0 Å². The van der Waals surface area contributed by atoms with Crippen LogP contribution in [-0.4, -0.2) is 28.7 Å². The fourth-order valence-electron chi connectivity index (χ4n) is 2.97. The number of anilines is 1. The van der Waals surface area contributed by atoms with Crippen molar-refractivity contribution >= 4 is 17.4 Å². The van der Waals surface area contributed by atoms with Gasteiger partial charge in [0.05, 0.1) is 6.04 Å². The summed E-state index contributed by atoms with van der Waals surface area (Å²) in [5.74, 6) is -0.350. The Balaban J connectivity index is 1.66. The Morgan fingerprint density at radius 1 is 1.12 bits per heavy atom. The second-order valence-corrected chi connectivity index (χ2v) is 6.83. The SMILES string of the molecule is CC(=O)c1ccc(NC(=O)[C@@H](C)N(Cc2ccc(F)cc2)C2CC2)cc1. The van der Waals surface area contributed by atoms with E-state index >= 15 is 0 Å². The van der Waals surface area contributed by atoms with E-state index in [1.165, 1.54) is 19.1 Å². The quantitative estimate of drug-likeness (QED) is 0.764. The Hall–Kier alpha value is -2.53. The van der Waals surface area contributed by atoms with Crippen LogP contribution in [0.3, 0.4) is 0 Å². The summed E-state index contributed by atoms with van der Waals surface area (Å²) in [6, 6.07) is 13.4. The number of halogens is 1. The van der Waals surface area contributed by atoms with E-state index < -0.39 is 0 Å². The third-order valence-corrected chi connectivity index (χ3v) is 4.73. The van der Waals surface area contributed by atoms with Gasteiger partial charge in [0.2, 0.25) is 5.91 Å². The van der Waals surface area contributed by atoms with Crippen LogP contribution in [0.5, 0.6) is 0 Å².